The summed E-state index contributed by atoms with van der Waals surface area (Å²) < 4.78 is 0. The third-order valence-electron chi connectivity index (χ3n) is 4.16. The standard InChI is InChI=1S/C20H22ClN3O/c21-17-5-3-4-15(12-17)8-11-23-20(25)14-22-10-9-16-13-24-19-7-2-1-6-18(16)19/h1-7,12-13,22,24H,8-11,14H2,(H,23,25). The summed E-state index contributed by atoms with van der Waals surface area (Å²) in [6.45, 7) is 1.71. The highest BCUT2D eigenvalue weighted by molar-refractivity contribution is 6.30. The van der Waals surface area contributed by atoms with Crippen LogP contribution in [-0.4, -0.2) is 30.5 Å². The highest BCUT2D eigenvalue weighted by Gasteiger charge is 2.04. The van der Waals surface area contributed by atoms with Crippen LogP contribution in [0, 0.1) is 0 Å². The number of H-pyrrole nitrogens is 1. The minimum atomic E-state index is 0.0148. The first-order chi connectivity index (χ1) is 12.2. The van der Waals surface area contributed by atoms with E-state index in [1.54, 1.807) is 0 Å². The summed E-state index contributed by atoms with van der Waals surface area (Å²) in [6.07, 6.45) is 3.71. The van der Waals surface area contributed by atoms with E-state index in [0.717, 1.165) is 35.5 Å². The van der Waals surface area contributed by atoms with Crippen LogP contribution in [0.2, 0.25) is 5.02 Å². The monoisotopic (exact) mass is 355 g/mol. The van der Waals surface area contributed by atoms with Crippen LogP contribution in [0.1, 0.15) is 11.1 Å². The topological polar surface area (TPSA) is 56.9 Å². The molecule has 0 aliphatic rings. The molecule has 0 aliphatic carbocycles. The number of aromatic nitrogens is 1. The predicted octanol–water partition coefficient (Wildman–Crippen LogP) is 3.31. The number of hydrogen-bond acceptors (Lipinski definition) is 2. The first-order valence-corrected chi connectivity index (χ1v) is 8.87. The highest BCUT2D eigenvalue weighted by atomic mass is 35.5. The Bertz CT molecular complexity index is 844. The predicted molar refractivity (Wildman–Crippen MR) is 103 cm³/mol. The molecule has 0 saturated carbocycles. The van der Waals surface area contributed by atoms with Crippen molar-refractivity contribution in [1.82, 2.24) is 15.6 Å². The number of fused-ring (bicyclic) bond motifs is 1. The van der Waals surface area contributed by atoms with Crippen molar-refractivity contribution >= 4 is 28.4 Å². The largest absolute Gasteiger partial charge is 0.361 e. The SMILES string of the molecule is O=C(CNCCc1c[nH]c2ccccc12)NCCc1cccc(Cl)c1. The molecular weight excluding hydrogens is 334 g/mol. The highest BCUT2D eigenvalue weighted by Crippen LogP contribution is 2.17. The quantitative estimate of drug-likeness (QED) is 0.543. The maximum absolute atomic E-state index is 11.9. The normalized spacial score (nSPS) is 10.9. The lowest BCUT2D eigenvalue weighted by Gasteiger charge is -2.07. The second kappa shape index (κ2) is 8.70. The van der Waals surface area contributed by atoms with Gasteiger partial charge >= 0.3 is 0 Å². The van der Waals surface area contributed by atoms with Crippen LogP contribution in [-0.2, 0) is 17.6 Å². The number of halogens is 1. The fourth-order valence-electron chi connectivity index (χ4n) is 2.86. The number of aromatic amines is 1. The fraction of sp³-hybridized carbons (Fsp3) is 0.250. The van der Waals surface area contributed by atoms with Crippen LogP contribution in [0.25, 0.3) is 10.9 Å². The Labute approximate surface area is 152 Å². The van der Waals surface area contributed by atoms with Crippen LogP contribution in [0.5, 0.6) is 0 Å². The molecule has 3 N–H and O–H groups in total. The molecule has 1 amide bonds. The van der Waals surface area contributed by atoms with Crippen molar-refractivity contribution in [1.29, 1.82) is 0 Å². The third kappa shape index (κ3) is 5.08. The summed E-state index contributed by atoms with van der Waals surface area (Å²) in [5.74, 6) is 0.0148. The van der Waals surface area contributed by atoms with Crippen molar-refractivity contribution < 1.29 is 4.79 Å². The molecule has 2 aromatic carbocycles. The molecule has 130 valence electrons. The van der Waals surface area contributed by atoms with E-state index < -0.39 is 0 Å². The fourth-order valence-corrected chi connectivity index (χ4v) is 3.08. The van der Waals surface area contributed by atoms with Gasteiger partial charge in [0, 0.05) is 28.7 Å². The van der Waals surface area contributed by atoms with Crippen LogP contribution >= 0.6 is 11.6 Å². The molecule has 0 saturated heterocycles. The van der Waals surface area contributed by atoms with Gasteiger partial charge in [-0.25, -0.2) is 0 Å². The molecular formula is C20H22ClN3O. The molecule has 3 aromatic rings. The van der Waals surface area contributed by atoms with Gasteiger partial charge in [-0.15, -0.1) is 0 Å². The summed E-state index contributed by atoms with van der Waals surface area (Å²) in [7, 11) is 0. The molecule has 4 nitrogen and oxygen atoms in total. The van der Waals surface area contributed by atoms with Crippen molar-refractivity contribution in [2.75, 3.05) is 19.6 Å². The molecule has 0 unspecified atom stereocenters. The number of hydrogen-bond donors (Lipinski definition) is 3. The zero-order valence-electron chi connectivity index (χ0n) is 14.0. The number of carbonyl (C=O) groups excluding carboxylic acids is 1. The van der Waals surface area contributed by atoms with Gasteiger partial charge in [0.1, 0.15) is 0 Å². The van der Waals surface area contributed by atoms with Crippen molar-refractivity contribution in [2.24, 2.45) is 0 Å². The summed E-state index contributed by atoms with van der Waals surface area (Å²) in [5.41, 5.74) is 3.54. The Balaban J connectivity index is 1.34. The Morgan fingerprint density at radius 3 is 2.80 bits per heavy atom. The first-order valence-electron chi connectivity index (χ1n) is 8.49. The second-order valence-corrected chi connectivity index (χ2v) is 6.45. The lowest BCUT2D eigenvalue weighted by Crippen LogP contribution is -2.35. The van der Waals surface area contributed by atoms with Gasteiger partial charge in [-0.2, -0.15) is 0 Å². The van der Waals surface area contributed by atoms with Crippen molar-refractivity contribution in [2.45, 2.75) is 12.8 Å². The molecule has 3 rings (SSSR count). The Morgan fingerprint density at radius 1 is 1.04 bits per heavy atom. The van der Waals surface area contributed by atoms with Gasteiger partial charge in [0.15, 0.2) is 0 Å². The molecule has 1 heterocycles. The van der Waals surface area contributed by atoms with Crippen LogP contribution < -0.4 is 10.6 Å². The molecule has 0 aliphatic heterocycles. The van der Waals surface area contributed by atoms with Gasteiger partial charge in [-0.05, 0) is 48.7 Å². The van der Waals surface area contributed by atoms with Gasteiger partial charge in [0.25, 0.3) is 0 Å². The number of para-hydroxylation sites is 1. The average molecular weight is 356 g/mol. The van der Waals surface area contributed by atoms with E-state index in [1.807, 2.05) is 42.6 Å². The van der Waals surface area contributed by atoms with Crippen molar-refractivity contribution in [3.8, 4) is 0 Å². The second-order valence-electron chi connectivity index (χ2n) is 6.02. The lowest BCUT2D eigenvalue weighted by molar-refractivity contribution is -0.120. The van der Waals surface area contributed by atoms with E-state index in [2.05, 4.69) is 27.8 Å². The summed E-state index contributed by atoms with van der Waals surface area (Å²) >= 11 is 5.95. The number of rotatable bonds is 8. The molecule has 0 atom stereocenters. The molecule has 0 radical (unpaired) electrons. The average Bonchev–Trinajstić information content (AvgIpc) is 3.02. The van der Waals surface area contributed by atoms with E-state index in [-0.39, 0.29) is 5.91 Å². The number of carbonyl (C=O) groups is 1. The minimum absolute atomic E-state index is 0.0148. The molecule has 5 heteroatoms. The maximum Gasteiger partial charge on any atom is 0.233 e. The Morgan fingerprint density at radius 2 is 1.92 bits per heavy atom. The maximum atomic E-state index is 11.9. The Hall–Kier alpha value is -2.30. The van der Waals surface area contributed by atoms with E-state index in [9.17, 15) is 4.79 Å². The van der Waals surface area contributed by atoms with Gasteiger partial charge in [-0.3, -0.25) is 4.79 Å². The smallest absolute Gasteiger partial charge is 0.233 e. The van der Waals surface area contributed by atoms with Gasteiger partial charge < -0.3 is 15.6 Å². The molecule has 1 aromatic heterocycles. The third-order valence-corrected chi connectivity index (χ3v) is 4.39. The van der Waals surface area contributed by atoms with Crippen LogP contribution in [0.15, 0.2) is 54.7 Å². The van der Waals surface area contributed by atoms with Gasteiger partial charge in [-0.1, -0.05) is 41.9 Å². The molecule has 0 spiro atoms. The zero-order valence-corrected chi connectivity index (χ0v) is 14.8. The van der Waals surface area contributed by atoms with Crippen molar-refractivity contribution in [3.63, 3.8) is 0 Å². The summed E-state index contributed by atoms with van der Waals surface area (Å²) in [4.78, 5) is 15.1. The molecule has 0 fully saturated rings. The van der Waals surface area contributed by atoms with Crippen molar-refractivity contribution in [3.05, 3.63) is 70.9 Å². The van der Waals surface area contributed by atoms with E-state index >= 15 is 0 Å². The minimum Gasteiger partial charge on any atom is -0.361 e. The number of benzene rings is 2. The zero-order chi connectivity index (χ0) is 17.5. The first kappa shape index (κ1) is 17.5. The summed E-state index contributed by atoms with van der Waals surface area (Å²) in [6, 6.07) is 16.0. The van der Waals surface area contributed by atoms with E-state index in [0.29, 0.717) is 13.1 Å². The molecule has 0 bridgehead atoms. The van der Waals surface area contributed by atoms with E-state index in [1.165, 1.54) is 10.9 Å². The number of amides is 1. The molecule has 25 heavy (non-hydrogen) atoms. The van der Waals surface area contributed by atoms with Crippen LogP contribution in [0.4, 0.5) is 0 Å². The van der Waals surface area contributed by atoms with Gasteiger partial charge in [0.2, 0.25) is 5.91 Å². The number of nitrogens with one attached hydrogen (secondary N) is 3. The van der Waals surface area contributed by atoms with Gasteiger partial charge in [0.05, 0.1) is 6.54 Å². The van der Waals surface area contributed by atoms with Crippen LogP contribution in [0.3, 0.4) is 0 Å². The summed E-state index contributed by atoms with van der Waals surface area (Å²) in [5, 5.41) is 8.09. The Kier molecular flexibility index (Phi) is 6.09. The lowest BCUT2D eigenvalue weighted by atomic mass is 10.1. The van der Waals surface area contributed by atoms with E-state index in [4.69, 9.17) is 11.6 Å².